The first-order valence-corrected chi connectivity index (χ1v) is 9.84. The highest BCUT2D eigenvalue weighted by Gasteiger charge is 2.59. The highest BCUT2D eigenvalue weighted by Crippen LogP contribution is 2.65. The molecule has 0 aromatic heterocycles. The van der Waals surface area contributed by atoms with Crippen LogP contribution in [0.3, 0.4) is 0 Å². The van der Waals surface area contributed by atoms with Crippen molar-refractivity contribution in [2.45, 2.75) is 59.3 Å². The van der Waals surface area contributed by atoms with Crippen molar-refractivity contribution in [3.8, 4) is 0 Å². The van der Waals surface area contributed by atoms with Crippen LogP contribution in [0.5, 0.6) is 0 Å². The average Bonchev–Trinajstić information content (AvgIpc) is 2.94. The number of rotatable bonds is 4. The van der Waals surface area contributed by atoms with Crippen molar-refractivity contribution in [1.29, 1.82) is 0 Å². The summed E-state index contributed by atoms with van der Waals surface area (Å²) >= 11 is 0. The maximum atomic E-state index is 12.3. The smallest absolute Gasteiger partial charge is 0.161 e. The van der Waals surface area contributed by atoms with Gasteiger partial charge in [-0.05, 0) is 74.7 Å². The van der Waals surface area contributed by atoms with Gasteiger partial charge >= 0.3 is 0 Å². The molecule has 0 aromatic rings. The molecule has 6 unspecified atom stereocenters. The van der Waals surface area contributed by atoms with E-state index >= 15 is 0 Å². The molecule has 1 N–H and O–H groups in total. The highest BCUT2D eigenvalue weighted by atomic mass is 16.3. The summed E-state index contributed by atoms with van der Waals surface area (Å²) in [6, 6.07) is 0. The summed E-state index contributed by atoms with van der Waals surface area (Å²) in [6.45, 7) is 6.34. The number of Topliss-reactive ketones (excluding diaryl/α,β-unsaturated/α-hetero) is 1. The third kappa shape index (κ3) is 2.75. The summed E-state index contributed by atoms with van der Waals surface area (Å²) in [4.78, 5) is 23.4. The Morgan fingerprint density at radius 1 is 1.20 bits per heavy atom. The van der Waals surface area contributed by atoms with Crippen molar-refractivity contribution < 1.29 is 14.7 Å². The fourth-order valence-corrected chi connectivity index (χ4v) is 6.83. The Morgan fingerprint density at radius 3 is 2.60 bits per heavy atom. The number of fused-ring (bicyclic) bond motifs is 3. The van der Waals surface area contributed by atoms with Gasteiger partial charge in [0.15, 0.2) is 5.78 Å². The largest absolute Gasteiger partial charge is 0.389 e. The fraction of sp³-hybridized carbons (Fsp3) is 0.727. The van der Waals surface area contributed by atoms with Crippen molar-refractivity contribution in [2.75, 3.05) is 6.61 Å². The molecule has 138 valence electrons. The molecule has 6 atom stereocenters. The van der Waals surface area contributed by atoms with Crippen molar-refractivity contribution in [2.24, 2.45) is 34.5 Å². The minimum Gasteiger partial charge on any atom is -0.389 e. The van der Waals surface area contributed by atoms with Crippen molar-refractivity contribution in [1.82, 2.24) is 0 Å². The SMILES string of the molecule is C/C=C\C1(C)/C(=C\C=O)CCC2C1CCC1(C)C(C(=O)CO)CCC21. The van der Waals surface area contributed by atoms with Gasteiger partial charge in [0, 0.05) is 11.3 Å². The third-order valence-electron chi connectivity index (χ3n) is 7.97. The Balaban J connectivity index is 1.94. The van der Waals surface area contributed by atoms with Gasteiger partial charge in [0.25, 0.3) is 0 Å². The van der Waals surface area contributed by atoms with Gasteiger partial charge in [0.05, 0.1) is 0 Å². The Morgan fingerprint density at radius 2 is 1.96 bits per heavy atom. The molecule has 3 rings (SSSR count). The summed E-state index contributed by atoms with van der Waals surface area (Å²) in [5.41, 5.74) is 1.27. The van der Waals surface area contributed by atoms with Crippen LogP contribution in [0, 0.1) is 34.5 Å². The first kappa shape index (κ1) is 18.6. The van der Waals surface area contributed by atoms with E-state index in [1.165, 1.54) is 5.57 Å². The standard InChI is InChI=1S/C22H32O3/c1-4-11-21(2)15(10-13-23)5-6-16-17-7-8-19(20(25)14-24)22(17,3)12-9-18(16)21/h4,10-11,13,16-19,24H,5-9,12,14H2,1-3H3/b11-4-,15-10-. The van der Waals surface area contributed by atoms with Gasteiger partial charge in [-0.2, -0.15) is 0 Å². The normalized spacial score (nSPS) is 45.4. The summed E-state index contributed by atoms with van der Waals surface area (Å²) in [6.07, 6.45) is 13.4. The highest BCUT2D eigenvalue weighted by molar-refractivity contribution is 5.83. The Hall–Kier alpha value is -1.22. The van der Waals surface area contributed by atoms with Gasteiger partial charge in [0.2, 0.25) is 0 Å². The molecule has 0 spiro atoms. The van der Waals surface area contributed by atoms with E-state index in [1.807, 2.05) is 0 Å². The van der Waals surface area contributed by atoms with Crippen LogP contribution >= 0.6 is 0 Å². The average molecular weight is 344 g/mol. The Kier molecular flexibility index (Phi) is 5.07. The quantitative estimate of drug-likeness (QED) is 0.474. The number of aldehydes is 1. The van der Waals surface area contributed by atoms with E-state index in [0.717, 1.165) is 44.8 Å². The van der Waals surface area contributed by atoms with Gasteiger partial charge in [-0.1, -0.05) is 31.6 Å². The minimum atomic E-state index is -0.316. The molecule has 0 radical (unpaired) electrons. The van der Waals surface area contributed by atoms with Gasteiger partial charge in [-0.15, -0.1) is 0 Å². The fourth-order valence-electron chi connectivity index (χ4n) is 6.83. The molecule has 3 fully saturated rings. The molecule has 25 heavy (non-hydrogen) atoms. The van der Waals surface area contributed by atoms with Crippen LogP contribution in [0.2, 0.25) is 0 Å². The summed E-state index contributed by atoms with van der Waals surface area (Å²) in [5, 5.41) is 9.38. The predicted octanol–water partition coefficient (Wildman–Crippen LogP) is 4.11. The number of aliphatic hydroxyl groups is 1. The molecule has 3 aliphatic rings. The maximum Gasteiger partial charge on any atom is 0.161 e. The third-order valence-corrected chi connectivity index (χ3v) is 7.97. The number of hydrogen-bond acceptors (Lipinski definition) is 3. The number of hydrogen-bond donors (Lipinski definition) is 1. The van der Waals surface area contributed by atoms with Crippen LogP contribution in [-0.2, 0) is 9.59 Å². The first-order chi connectivity index (χ1) is 11.9. The number of carbonyl (C=O) groups is 2. The lowest BCUT2D eigenvalue weighted by Crippen LogP contribution is -2.50. The second-order valence-electron chi connectivity index (χ2n) is 8.83. The molecular weight excluding hydrogens is 312 g/mol. The van der Waals surface area contributed by atoms with E-state index in [2.05, 4.69) is 32.9 Å². The molecule has 0 saturated heterocycles. The zero-order valence-electron chi connectivity index (χ0n) is 15.8. The lowest BCUT2D eigenvalue weighted by Gasteiger charge is -2.56. The first-order valence-electron chi connectivity index (χ1n) is 9.84. The van der Waals surface area contributed by atoms with Crippen molar-refractivity contribution in [3.63, 3.8) is 0 Å². The van der Waals surface area contributed by atoms with E-state index in [-0.39, 0.29) is 29.1 Å². The van der Waals surface area contributed by atoms with Gasteiger partial charge in [0.1, 0.15) is 12.9 Å². The van der Waals surface area contributed by atoms with Crippen LogP contribution in [0.25, 0.3) is 0 Å². The van der Waals surface area contributed by atoms with Crippen LogP contribution in [0.1, 0.15) is 59.3 Å². The molecule has 0 aliphatic heterocycles. The van der Waals surface area contributed by atoms with Gasteiger partial charge < -0.3 is 5.11 Å². The van der Waals surface area contributed by atoms with Crippen molar-refractivity contribution >= 4 is 12.1 Å². The van der Waals surface area contributed by atoms with E-state index < -0.39 is 0 Å². The number of allylic oxidation sites excluding steroid dienone is 4. The zero-order valence-corrected chi connectivity index (χ0v) is 15.8. The van der Waals surface area contributed by atoms with E-state index in [1.54, 1.807) is 6.08 Å². The molecule has 0 bridgehead atoms. The van der Waals surface area contributed by atoms with Crippen LogP contribution in [0.4, 0.5) is 0 Å². The Bertz CT molecular complexity index is 604. The molecule has 0 aromatic carbocycles. The van der Waals surface area contributed by atoms with Crippen molar-refractivity contribution in [3.05, 3.63) is 23.8 Å². The van der Waals surface area contributed by atoms with Crippen LogP contribution < -0.4 is 0 Å². The maximum absolute atomic E-state index is 12.3. The lowest BCUT2D eigenvalue weighted by molar-refractivity contribution is -0.132. The number of carbonyl (C=O) groups excluding carboxylic acids is 2. The molecule has 0 heterocycles. The van der Waals surface area contributed by atoms with E-state index in [9.17, 15) is 14.7 Å². The minimum absolute atomic E-state index is 0.0309. The Labute approximate surface area is 151 Å². The molecular formula is C22H32O3. The molecule has 0 amide bonds. The topological polar surface area (TPSA) is 54.4 Å². The molecule has 3 heteroatoms. The summed E-state index contributed by atoms with van der Waals surface area (Å²) < 4.78 is 0. The second kappa shape index (κ2) is 6.83. The van der Waals surface area contributed by atoms with Crippen LogP contribution in [-0.4, -0.2) is 23.8 Å². The van der Waals surface area contributed by atoms with Gasteiger partial charge in [-0.3, -0.25) is 9.59 Å². The monoisotopic (exact) mass is 344 g/mol. The van der Waals surface area contributed by atoms with Crippen LogP contribution in [0.15, 0.2) is 23.8 Å². The van der Waals surface area contributed by atoms with E-state index in [4.69, 9.17) is 0 Å². The molecule has 3 nitrogen and oxygen atoms in total. The summed E-state index contributed by atoms with van der Waals surface area (Å²) in [7, 11) is 0. The lowest BCUT2D eigenvalue weighted by atomic mass is 9.48. The molecule has 3 aliphatic carbocycles. The predicted molar refractivity (Wildman–Crippen MR) is 98.9 cm³/mol. The molecule has 3 saturated carbocycles. The number of ketones is 1. The van der Waals surface area contributed by atoms with Gasteiger partial charge in [-0.25, -0.2) is 0 Å². The van der Waals surface area contributed by atoms with E-state index in [0.29, 0.717) is 17.8 Å². The number of aliphatic hydroxyl groups excluding tert-OH is 1. The summed E-state index contributed by atoms with van der Waals surface area (Å²) in [5.74, 6) is 1.79. The zero-order chi connectivity index (χ0) is 18.2. The second-order valence-corrected chi connectivity index (χ2v) is 8.83.